The number of ether oxygens (including phenoxy) is 2. The molecular formula is C21H19Cl2N3O3S. The van der Waals surface area contributed by atoms with Crippen LogP contribution in [0.3, 0.4) is 0 Å². The molecule has 0 aliphatic carbocycles. The van der Waals surface area contributed by atoms with Crippen LogP contribution in [-0.2, 0) is 0 Å². The molecule has 0 spiro atoms. The number of pyridine rings is 1. The maximum atomic E-state index is 10.4. The lowest BCUT2D eigenvalue weighted by molar-refractivity contribution is 0.126. The number of hydrogen-bond acceptors (Lipinski definition) is 6. The second-order valence-electron chi connectivity index (χ2n) is 6.71. The van der Waals surface area contributed by atoms with E-state index in [1.54, 1.807) is 25.3 Å². The van der Waals surface area contributed by atoms with Gasteiger partial charge in [0.1, 0.15) is 12.4 Å². The molecule has 4 rings (SSSR count). The average molecular weight is 464 g/mol. The molecule has 6 nitrogen and oxygen atoms in total. The molecule has 1 atom stereocenters. The molecule has 1 unspecified atom stereocenters. The molecule has 0 bridgehead atoms. The zero-order valence-corrected chi connectivity index (χ0v) is 18.6. The summed E-state index contributed by atoms with van der Waals surface area (Å²) in [5.41, 5.74) is 2.80. The minimum atomic E-state index is -0.749. The first kappa shape index (κ1) is 21.1. The van der Waals surface area contributed by atoms with Crippen molar-refractivity contribution in [2.75, 3.05) is 19.5 Å². The molecule has 0 amide bonds. The van der Waals surface area contributed by atoms with Crippen molar-refractivity contribution in [3.8, 4) is 11.5 Å². The van der Waals surface area contributed by atoms with Crippen LogP contribution in [0.25, 0.3) is 16.6 Å². The van der Waals surface area contributed by atoms with Gasteiger partial charge in [-0.3, -0.25) is 4.40 Å². The number of methoxy groups -OCH3 is 1. The van der Waals surface area contributed by atoms with Crippen molar-refractivity contribution >= 4 is 51.5 Å². The molecule has 156 valence electrons. The van der Waals surface area contributed by atoms with Gasteiger partial charge in [-0.25, -0.2) is 0 Å². The Bertz CT molecular complexity index is 1200. The molecule has 0 aliphatic heterocycles. The number of para-hydroxylation sites is 1. The largest absolute Gasteiger partial charge is 0.497 e. The Kier molecular flexibility index (Phi) is 6.24. The van der Waals surface area contributed by atoms with Crippen molar-refractivity contribution in [3.05, 3.63) is 58.1 Å². The molecule has 0 aliphatic rings. The van der Waals surface area contributed by atoms with Crippen LogP contribution < -0.4 is 9.47 Å². The Morgan fingerprint density at radius 1 is 1.13 bits per heavy atom. The molecule has 4 aromatic rings. The standard InChI is InChI=1S/C21H19Cl2N3O3S/c1-12-8-19-24-25-21(26(19)18-9-14(28-2)6-7-15(12)18)30-11-13(27)10-29-20-16(22)4-3-5-17(20)23/h3-9,13,27H,10-11H2,1-2H3. The normalized spacial score (nSPS) is 12.4. The van der Waals surface area contributed by atoms with Gasteiger partial charge in [-0.2, -0.15) is 0 Å². The van der Waals surface area contributed by atoms with Gasteiger partial charge in [0.25, 0.3) is 0 Å². The zero-order valence-electron chi connectivity index (χ0n) is 16.3. The second kappa shape index (κ2) is 8.89. The Morgan fingerprint density at radius 3 is 2.63 bits per heavy atom. The van der Waals surface area contributed by atoms with Crippen LogP contribution in [0, 0.1) is 6.92 Å². The van der Waals surface area contributed by atoms with Gasteiger partial charge < -0.3 is 14.6 Å². The van der Waals surface area contributed by atoms with Crippen molar-refractivity contribution in [2.24, 2.45) is 0 Å². The fourth-order valence-electron chi connectivity index (χ4n) is 3.14. The Labute approximate surface area is 187 Å². The van der Waals surface area contributed by atoms with Crippen LogP contribution in [0.4, 0.5) is 0 Å². The molecule has 30 heavy (non-hydrogen) atoms. The topological polar surface area (TPSA) is 68.9 Å². The van der Waals surface area contributed by atoms with Gasteiger partial charge in [-0.05, 0) is 42.8 Å². The van der Waals surface area contributed by atoms with Crippen molar-refractivity contribution in [2.45, 2.75) is 18.2 Å². The molecule has 2 aromatic carbocycles. The van der Waals surface area contributed by atoms with Gasteiger partial charge >= 0.3 is 0 Å². The van der Waals surface area contributed by atoms with Crippen LogP contribution in [0.2, 0.25) is 10.0 Å². The number of halogens is 2. The highest BCUT2D eigenvalue weighted by molar-refractivity contribution is 7.99. The molecule has 9 heteroatoms. The molecule has 0 saturated carbocycles. The van der Waals surface area contributed by atoms with E-state index in [0.29, 0.717) is 26.7 Å². The lowest BCUT2D eigenvalue weighted by Crippen LogP contribution is -2.20. The third-order valence-electron chi connectivity index (χ3n) is 4.62. The predicted molar refractivity (Wildman–Crippen MR) is 120 cm³/mol. The molecule has 2 heterocycles. The highest BCUT2D eigenvalue weighted by atomic mass is 35.5. The molecule has 2 aromatic heterocycles. The van der Waals surface area contributed by atoms with Crippen LogP contribution in [-0.4, -0.2) is 45.3 Å². The summed E-state index contributed by atoms with van der Waals surface area (Å²) in [5, 5.41) is 21.6. The van der Waals surface area contributed by atoms with E-state index in [0.717, 1.165) is 27.9 Å². The van der Waals surface area contributed by atoms with E-state index in [4.69, 9.17) is 32.7 Å². The summed E-state index contributed by atoms with van der Waals surface area (Å²) < 4.78 is 13.0. The summed E-state index contributed by atoms with van der Waals surface area (Å²) in [5.74, 6) is 1.48. The molecule has 1 N–H and O–H groups in total. The quantitative estimate of drug-likeness (QED) is 0.387. The van der Waals surface area contributed by atoms with E-state index in [2.05, 4.69) is 10.2 Å². The van der Waals surface area contributed by atoms with Crippen molar-refractivity contribution < 1.29 is 14.6 Å². The summed E-state index contributed by atoms with van der Waals surface area (Å²) in [6.07, 6.45) is -0.749. The van der Waals surface area contributed by atoms with Crippen molar-refractivity contribution in [3.63, 3.8) is 0 Å². The third kappa shape index (κ3) is 4.16. The number of benzene rings is 2. The summed E-state index contributed by atoms with van der Waals surface area (Å²) in [6.45, 7) is 2.10. The summed E-state index contributed by atoms with van der Waals surface area (Å²) in [4.78, 5) is 0. The highest BCUT2D eigenvalue weighted by Gasteiger charge is 2.16. The first-order chi connectivity index (χ1) is 14.5. The summed E-state index contributed by atoms with van der Waals surface area (Å²) >= 11 is 13.6. The van der Waals surface area contributed by atoms with E-state index in [1.807, 2.05) is 35.6 Å². The Morgan fingerprint density at radius 2 is 1.90 bits per heavy atom. The lowest BCUT2D eigenvalue weighted by atomic mass is 10.1. The Balaban J connectivity index is 1.53. The van der Waals surface area contributed by atoms with Crippen molar-refractivity contribution in [1.29, 1.82) is 0 Å². The van der Waals surface area contributed by atoms with Gasteiger partial charge in [0.2, 0.25) is 0 Å². The fourth-order valence-corrected chi connectivity index (χ4v) is 4.51. The van der Waals surface area contributed by atoms with E-state index in [1.165, 1.54) is 11.8 Å². The molecule has 0 fully saturated rings. The van der Waals surface area contributed by atoms with E-state index >= 15 is 0 Å². The van der Waals surface area contributed by atoms with E-state index < -0.39 is 6.10 Å². The monoisotopic (exact) mass is 463 g/mol. The van der Waals surface area contributed by atoms with Gasteiger partial charge in [-0.1, -0.05) is 41.0 Å². The number of aryl methyl sites for hydroxylation is 1. The predicted octanol–water partition coefficient (Wildman–Crippen LogP) is 5.04. The number of nitrogens with zero attached hydrogens (tertiary/aromatic N) is 3. The summed E-state index contributed by atoms with van der Waals surface area (Å²) in [7, 11) is 1.64. The number of aromatic nitrogens is 3. The van der Waals surface area contributed by atoms with Crippen LogP contribution in [0.15, 0.2) is 47.6 Å². The zero-order chi connectivity index (χ0) is 21.3. The number of aliphatic hydroxyl groups is 1. The van der Waals surface area contributed by atoms with E-state index in [9.17, 15) is 5.11 Å². The molecule has 0 radical (unpaired) electrons. The van der Waals surface area contributed by atoms with E-state index in [-0.39, 0.29) is 6.61 Å². The molecular weight excluding hydrogens is 445 g/mol. The average Bonchev–Trinajstić information content (AvgIpc) is 3.14. The highest BCUT2D eigenvalue weighted by Crippen LogP contribution is 2.33. The maximum Gasteiger partial charge on any atom is 0.196 e. The van der Waals surface area contributed by atoms with Gasteiger partial charge in [0, 0.05) is 17.2 Å². The second-order valence-corrected chi connectivity index (χ2v) is 8.51. The van der Waals surface area contributed by atoms with Crippen LogP contribution >= 0.6 is 35.0 Å². The van der Waals surface area contributed by atoms with Crippen molar-refractivity contribution in [1.82, 2.24) is 14.6 Å². The smallest absolute Gasteiger partial charge is 0.196 e. The number of aliphatic hydroxyl groups excluding tert-OH is 1. The number of hydrogen-bond donors (Lipinski definition) is 1. The van der Waals surface area contributed by atoms with Crippen LogP contribution in [0.1, 0.15) is 5.56 Å². The SMILES string of the molecule is COc1ccc2c(C)cc3nnc(SCC(O)COc4c(Cl)cccc4Cl)n3c2c1. The minimum Gasteiger partial charge on any atom is -0.497 e. The maximum absolute atomic E-state index is 10.4. The number of fused-ring (bicyclic) bond motifs is 3. The van der Waals surface area contributed by atoms with Crippen LogP contribution in [0.5, 0.6) is 11.5 Å². The molecule has 0 saturated heterocycles. The van der Waals surface area contributed by atoms with Gasteiger partial charge in [-0.15, -0.1) is 10.2 Å². The minimum absolute atomic E-state index is 0.0564. The number of rotatable bonds is 7. The summed E-state index contributed by atoms with van der Waals surface area (Å²) in [6, 6.07) is 13.0. The van der Waals surface area contributed by atoms with Gasteiger partial charge in [0.15, 0.2) is 16.6 Å². The lowest BCUT2D eigenvalue weighted by Gasteiger charge is -2.14. The first-order valence-corrected chi connectivity index (χ1v) is 10.9. The fraction of sp³-hybridized carbons (Fsp3) is 0.238. The first-order valence-electron chi connectivity index (χ1n) is 9.18. The van der Waals surface area contributed by atoms with Gasteiger partial charge in [0.05, 0.1) is 28.8 Å². The number of thioether (sulfide) groups is 1. The third-order valence-corrected chi connectivity index (χ3v) is 6.29. The Hall–Kier alpha value is -2.19.